The Bertz CT molecular complexity index is 1230. The quantitative estimate of drug-likeness (QED) is 0.319. The number of anilines is 2. The molecule has 1 aliphatic rings. The van der Waals surface area contributed by atoms with Crippen LogP contribution in [0.15, 0.2) is 24.4 Å². The molecule has 0 unspecified atom stereocenters. The van der Waals surface area contributed by atoms with E-state index in [0.29, 0.717) is 28.2 Å². The lowest BCUT2D eigenvalue weighted by Gasteiger charge is -2.21. The number of aliphatic hydroxyl groups is 1. The first-order valence-electron chi connectivity index (χ1n) is 10.3. The second-order valence-corrected chi connectivity index (χ2v) is 9.02. The highest BCUT2D eigenvalue weighted by molar-refractivity contribution is 7.21. The van der Waals surface area contributed by atoms with Gasteiger partial charge in [-0.1, -0.05) is 12.2 Å². The van der Waals surface area contributed by atoms with Crippen molar-refractivity contribution >= 4 is 33.3 Å². The average molecular weight is 500 g/mol. The van der Waals surface area contributed by atoms with E-state index in [1.165, 1.54) is 11.3 Å². The van der Waals surface area contributed by atoms with Crippen LogP contribution in [0.2, 0.25) is 0 Å². The van der Waals surface area contributed by atoms with Gasteiger partial charge >= 0.3 is 12.1 Å². The first-order valence-corrected chi connectivity index (χ1v) is 11.2. The van der Waals surface area contributed by atoms with E-state index >= 15 is 0 Å². The smallest absolute Gasteiger partial charge is 0.396 e. The molecule has 0 saturated heterocycles. The maximum atomic E-state index is 13.4. The molecule has 0 radical (unpaired) electrons. The van der Waals surface area contributed by atoms with Gasteiger partial charge in [-0.3, -0.25) is 4.98 Å². The molecule has 0 aliphatic heterocycles. The number of pyridine rings is 1. The average Bonchev–Trinajstić information content (AvgIpc) is 3.39. The van der Waals surface area contributed by atoms with Crippen LogP contribution in [-0.2, 0) is 0 Å². The zero-order valence-electron chi connectivity index (χ0n) is 18.1. The summed E-state index contributed by atoms with van der Waals surface area (Å²) in [5, 5.41) is 15.2. The van der Waals surface area contributed by atoms with Crippen LogP contribution in [0.25, 0.3) is 20.8 Å². The molecule has 4 rings (SSSR count). The SMILES string of the molecule is Cc1nc(NCC(F)(F)C(F)(F)F)nc(N[C@H]2C=C[C@@H](CO)C2)c1-c1nc2c(C)nccc2s1. The molecule has 13 heteroatoms. The van der Waals surface area contributed by atoms with Crippen LogP contribution in [0.1, 0.15) is 17.8 Å². The van der Waals surface area contributed by atoms with Crippen LogP contribution in [0.3, 0.4) is 0 Å². The number of nitrogens with zero attached hydrogens (tertiary/aromatic N) is 4. The van der Waals surface area contributed by atoms with Crippen LogP contribution in [-0.4, -0.2) is 56.3 Å². The highest BCUT2D eigenvalue weighted by Crippen LogP contribution is 2.38. The minimum absolute atomic E-state index is 0.0339. The van der Waals surface area contributed by atoms with Crippen molar-refractivity contribution in [3.05, 3.63) is 35.8 Å². The second kappa shape index (κ2) is 9.02. The first kappa shape index (κ1) is 24.2. The topological polar surface area (TPSA) is 95.9 Å². The number of fused-ring (bicyclic) bond motifs is 1. The van der Waals surface area contributed by atoms with Crippen molar-refractivity contribution in [2.45, 2.75) is 38.4 Å². The minimum Gasteiger partial charge on any atom is -0.396 e. The molecule has 0 bridgehead atoms. The monoisotopic (exact) mass is 500 g/mol. The number of hydrogen-bond donors (Lipinski definition) is 3. The Morgan fingerprint density at radius 2 is 1.85 bits per heavy atom. The third-order valence-electron chi connectivity index (χ3n) is 5.41. The molecular weight excluding hydrogens is 479 g/mol. The van der Waals surface area contributed by atoms with E-state index < -0.39 is 18.6 Å². The number of halogens is 5. The summed E-state index contributed by atoms with van der Waals surface area (Å²) in [5.41, 5.74) is 2.28. The maximum Gasteiger partial charge on any atom is 0.455 e. The molecule has 3 aromatic rings. The standard InChI is InChI=1S/C21H21F5N6OS/c1-10-15(18-31-16-11(2)27-6-5-14(16)34-18)17(30-13-4-3-12(7-13)8-33)32-19(29-10)28-9-20(22,23)21(24,25)26/h3-6,12-13,33H,7-9H2,1-2H3,(H2,28,29,30,32)/t12-,13+/m1/s1. The Hall–Kier alpha value is -2.93. The van der Waals surface area contributed by atoms with Gasteiger partial charge in [-0.15, -0.1) is 11.3 Å². The molecule has 3 aromatic heterocycles. The highest BCUT2D eigenvalue weighted by atomic mass is 32.1. The van der Waals surface area contributed by atoms with E-state index in [4.69, 9.17) is 0 Å². The van der Waals surface area contributed by atoms with Crippen molar-refractivity contribution < 1.29 is 27.1 Å². The Labute approximate surface area is 195 Å². The fourth-order valence-corrected chi connectivity index (χ4v) is 4.69. The first-order chi connectivity index (χ1) is 16.0. The summed E-state index contributed by atoms with van der Waals surface area (Å²) in [4.78, 5) is 17.2. The van der Waals surface area contributed by atoms with E-state index in [1.807, 2.05) is 30.5 Å². The van der Waals surface area contributed by atoms with E-state index in [9.17, 15) is 27.1 Å². The molecule has 0 amide bonds. The highest BCUT2D eigenvalue weighted by Gasteiger charge is 2.57. The van der Waals surface area contributed by atoms with Crippen molar-refractivity contribution in [1.82, 2.24) is 19.9 Å². The van der Waals surface area contributed by atoms with Crippen molar-refractivity contribution in [1.29, 1.82) is 0 Å². The summed E-state index contributed by atoms with van der Waals surface area (Å²) in [6.07, 6.45) is 0.225. The predicted molar refractivity (Wildman–Crippen MR) is 119 cm³/mol. The molecule has 7 nitrogen and oxygen atoms in total. The van der Waals surface area contributed by atoms with Gasteiger partial charge in [-0.2, -0.15) is 26.9 Å². The molecule has 1 aliphatic carbocycles. The Morgan fingerprint density at radius 1 is 1.09 bits per heavy atom. The molecule has 0 spiro atoms. The maximum absolute atomic E-state index is 13.4. The molecule has 0 fully saturated rings. The fraction of sp³-hybridized carbons (Fsp3) is 0.429. The largest absolute Gasteiger partial charge is 0.455 e. The van der Waals surface area contributed by atoms with Gasteiger partial charge in [0.2, 0.25) is 5.95 Å². The van der Waals surface area contributed by atoms with Gasteiger partial charge < -0.3 is 15.7 Å². The lowest BCUT2D eigenvalue weighted by molar-refractivity contribution is -0.275. The number of alkyl halides is 5. The zero-order chi connectivity index (χ0) is 24.7. The van der Waals surface area contributed by atoms with Gasteiger partial charge in [0.1, 0.15) is 16.3 Å². The number of rotatable bonds is 7. The second-order valence-electron chi connectivity index (χ2n) is 7.99. The zero-order valence-corrected chi connectivity index (χ0v) is 18.9. The van der Waals surface area contributed by atoms with Gasteiger partial charge in [0.05, 0.1) is 28.2 Å². The predicted octanol–water partition coefficient (Wildman–Crippen LogP) is 4.72. The summed E-state index contributed by atoms with van der Waals surface area (Å²) in [6.45, 7) is 1.69. The summed E-state index contributed by atoms with van der Waals surface area (Å²) in [6, 6.07) is 1.58. The van der Waals surface area contributed by atoms with Gasteiger partial charge in [-0.25, -0.2) is 9.97 Å². The van der Waals surface area contributed by atoms with Gasteiger partial charge in [0.15, 0.2) is 0 Å². The number of aromatic nitrogens is 4. The molecule has 0 saturated carbocycles. The van der Waals surface area contributed by atoms with E-state index in [-0.39, 0.29) is 30.3 Å². The summed E-state index contributed by atoms with van der Waals surface area (Å²) in [5.74, 6) is -5.13. The fourth-order valence-electron chi connectivity index (χ4n) is 3.58. The molecule has 3 heterocycles. The van der Waals surface area contributed by atoms with Crippen molar-refractivity contribution in [2.75, 3.05) is 23.8 Å². The lowest BCUT2D eigenvalue weighted by Crippen LogP contribution is -2.42. The van der Waals surface area contributed by atoms with E-state index in [1.54, 1.807) is 13.1 Å². The minimum atomic E-state index is -5.70. The molecule has 2 atom stereocenters. The van der Waals surface area contributed by atoms with Crippen LogP contribution < -0.4 is 10.6 Å². The molecule has 0 aromatic carbocycles. The number of aryl methyl sites for hydroxylation is 2. The molecular formula is C21H21F5N6OS. The number of thiazole rings is 1. The van der Waals surface area contributed by atoms with E-state index in [2.05, 4.69) is 25.3 Å². The van der Waals surface area contributed by atoms with Crippen LogP contribution >= 0.6 is 11.3 Å². The van der Waals surface area contributed by atoms with Crippen molar-refractivity contribution in [3.63, 3.8) is 0 Å². The third kappa shape index (κ3) is 4.80. The van der Waals surface area contributed by atoms with Crippen LogP contribution in [0, 0.1) is 19.8 Å². The molecule has 182 valence electrons. The Morgan fingerprint density at radius 3 is 2.50 bits per heavy atom. The summed E-state index contributed by atoms with van der Waals surface area (Å²) in [7, 11) is 0. The molecule has 3 N–H and O–H groups in total. The van der Waals surface area contributed by atoms with Gasteiger partial charge in [-0.05, 0) is 26.3 Å². The summed E-state index contributed by atoms with van der Waals surface area (Å²) < 4.78 is 65.4. The van der Waals surface area contributed by atoms with E-state index in [0.717, 1.165) is 10.4 Å². The van der Waals surface area contributed by atoms with Crippen molar-refractivity contribution in [3.8, 4) is 10.6 Å². The Balaban J connectivity index is 1.72. The van der Waals surface area contributed by atoms with Gasteiger partial charge in [0.25, 0.3) is 0 Å². The number of aliphatic hydroxyl groups excluding tert-OH is 1. The third-order valence-corrected chi connectivity index (χ3v) is 6.44. The van der Waals surface area contributed by atoms with Crippen molar-refractivity contribution in [2.24, 2.45) is 5.92 Å². The number of hydrogen-bond acceptors (Lipinski definition) is 8. The molecule has 34 heavy (non-hydrogen) atoms. The summed E-state index contributed by atoms with van der Waals surface area (Å²) >= 11 is 1.36. The number of nitrogens with one attached hydrogen (secondary N) is 2. The van der Waals surface area contributed by atoms with Gasteiger partial charge in [0, 0.05) is 24.8 Å². The van der Waals surface area contributed by atoms with Crippen LogP contribution in [0.4, 0.5) is 33.7 Å². The lowest BCUT2D eigenvalue weighted by atomic mass is 10.1. The van der Waals surface area contributed by atoms with Crippen LogP contribution in [0.5, 0.6) is 0 Å². The Kier molecular flexibility index (Phi) is 6.42. The normalized spacial score (nSPS) is 18.6.